The van der Waals surface area contributed by atoms with Gasteiger partial charge in [-0.2, -0.15) is 5.10 Å². The summed E-state index contributed by atoms with van der Waals surface area (Å²) in [4.78, 5) is 39.6. The van der Waals surface area contributed by atoms with Gasteiger partial charge in [-0.1, -0.05) is 15.9 Å². The third kappa shape index (κ3) is 4.14. The predicted molar refractivity (Wildman–Crippen MR) is 95.4 cm³/mol. The fourth-order valence-electron chi connectivity index (χ4n) is 2.72. The first-order valence-corrected chi connectivity index (χ1v) is 8.74. The zero-order valence-corrected chi connectivity index (χ0v) is 15.0. The number of carbonyl (C=O) groups excluding carboxylic acids is 2. The lowest BCUT2D eigenvalue weighted by molar-refractivity contribution is 0.0715. The van der Waals surface area contributed by atoms with Gasteiger partial charge in [-0.25, -0.2) is 5.10 Å². The average molecular weight is 405 g/mol. The molecule has 3 rings (SSSR count). The van der Waals surface area contributed by atoms with Crippen molar-refractivity contribution in [2.24, 2.45) is 0 Å². The van der Waals surface area contributed by atoms with E-state index in [0.29, 0.717) is 38.2 Å². The molecule has 1 aliphatic rings. The van der Waals surface area contributed by atoms with Gasteiger partial charge in [0.25, 0.3) is 17.4 Å². The molecule has 1 saturated heterocycles. The minimum absolute atomic E-state index is 0.0380. The van der Waals surface area contributed by atoms with Gasteiger partial charge in [-0.3, -0.25) is 14.4 Å². The SMILES string of the molecule is O=C(c1ccc(Br)cc1)N1CCCN(C(=O)c2ccc(=O)[nH]n2)CC1. The number of aromatic nitrogens is 2. The van der Waals surface area contributed by atoms with Crippen LogP contribution in [0.5, 0.6) is 0 Å². The summed E-state index contributed by atoms with van der Waals surface area (Å²) in [7, 11) is 0. The van der Waals surface area contributed by atoms with E-state index in [1.54, 1.807) is 21.9 Å². The molecule has 0 bridgehead atoms. The van der Waals surface area contributed by atoms with Gasteiger partial charge in [0.2, 0.25) is 0 Å². The first-order chi connectivity index (χ1) is 12.0. The molecular weight excluding hydrogens is 388 g/mol. The highest BCUT2D eigenvalue weighted by Crippen LogP contribution is 2.14. The standard InChI is InChI=1S/C17H17BrN4O3/c18-13-4-2-12(3-5-13)16(24)21-8-1-9-22(11-10-21)17(25)14-6-7-15(23)20-19-14/h2-7H,1,8-11H2,(H,20,23). The van der Waals surface area contributed by atoms with Crippen LogP contribution in [0.3, 0.4) is 0 Å². The van der Waals surface area contributed by atoms with E-state index in [2.05, 4.69) is 26.1 Å². The third-order valence-electron chi connectivity index (χ3n) is 4.06. The normalized spacial score (nSPS) is 14.9. The Morgan fingerprint density at radius 3 is 2.16 bits per heavy atom. The van der Waals surface area contributed by atoms with Gasteiger partial charge < -0.3 is 9.80 Å². The van der Waals surface area contributed by atoms with Gasteiger partial charge in [0.05, 0.1) is 0 Å². The van der Waals surface area contributed by atoms with Gasteiger partial charge in [0.15, 0.2) is 0 Å². The average Bonchev–Trinajstić information content (AvgIpc) is 2.88. The first kappa shape index (κ1) is 17.3. The number of H-pyrrole nitrogens is 1. The van der Waals surface area contributed by atoms with Crippen molar-refractivity contribution in [3.63, 3.8) is 0 Å². The molecule has 25 heavy (non-hydrogen) atoms. The van der Waals surface area contributed by atoms with Crippen molar-refractivity contribution in [1.29, 1.82) is 0 Å². The molecule has 1 aromatic carbocycles. The Labute approximate surface area is 152 Å². The Morgan fingerprint density at radius 1 is 0.920 bits per heavy atom. The van der Waals surface area contributed by atoms with Crippen molar-refractivity contribution < 1.29 is 9.59 Å². The van der Waals surface area contributed by atoms with Crippen molar-refractivity contribution in [3.05, 3.63) is 62.5 Å². The Balaban J connectivity index is 1.66. The van der Waals surface area contributed by atoms with Crippen LogP contribution in [-0.4, -0.2) is 58.0 Å². The molecule has 1 fully saturated rings. The number of rotatable bonds is 2. The van der Waals surface area contributed by atoms with E-state index >= 15 is 0 Å². The summed E-state index contributed by atoms with van der Waals surface area (Å²) < 4.78 is 0.921. The fourth-order valence-corrected chi connectivity index (χ4v) is 2.99. The maximum Gasteiger partial charge on any atom is 0.274 e. The van der Waals surface area contributed by atoms with Crippen LogP contribution in [0.25, 0.3) is 0 Å². The van der Waals surface area contributed by atoms with E-state index in [1.807, 2.05) is 12.1 Å². The zero-order chi connectivity index (χ0) is 17.8. The number of halogens is 1. The summed E-state index contributed by atoms with van der Waals surface area (Å²) >= 11 is 3.36. The molecule has 0 unspecified atom stereocenters. The lowest BCUT2D eigenvalue weighted by atomic mass is 10.2. The van der Waals surface area contributed by atoms with Crippen molar-refractivity contribution in [3.8, 4) is 0 Å². The van der Waals surface area contributed by atoms with Crippen LogP contribution in [0.4, 0.5) is 0 Å². The van der Waals surface area contributed by atoms with E-state index in [4.69, 9.17) is 0 Å². The van der Waals surface area contributed by atoms with Gasteiger partial charge in [-0.05, 0) is 36.8 Å². The number of hydrogen-bond acceptors (Lipinski definition) is 4. The molecule has 1 aromatic heterocycles. The number of hydrogen-bond donors (Lipinski definition) is 1. The smallest absolute Gasteiger partial charge is 0.274 e. The van der Waals surface area contributed by atoms with E-state index < -0.39 is 0 Å². The second-order valence-electron chi connectivity index (χ2n) is 5.75. The Bertz CT molecular complexity index is 814. The maximum atomic E-state index is 12.6. The highest BCUT2D eigenvalue weighted by Gasteiger charge is 2.24. The molecule has 0 radical (unpaired) electrons. The number of carbonyl (C=O) groups is 2. The topological polar surface area (TPSA) is 86.4 Å². The van der Waals surface area contributed by atoms with Gasteiger partial charge in [-0.15, -0.1) is 0 Å². The summed E-state index contributed by atoms with van der Waals surface area (Å²) in [6.07, 6.45) is 0.692. The second-order valence-corrected chi connectivity index (χ2v) is 6.67. The second kappa shape index (κ2) is 7.60. The minimum atomic E-state index is -0.348. The van der Waals surface area contributed by atoms with Crippen LogP contribution in [0.1, 0.15) is 27.3 Å². The lowest BCUT2D eigenvalue weighted by Gasteiger charge is -2.22. The third-order valence-corrected chi connectivity index (χ3v) is 4.59. The zero-order valence-electron chi connectivity index (χ0n) is 13.4. The summed E-state index contributed by atoms with van der Waals surface area (Å²) in [6, 6.07) is 9.93. The van der Waals surface area contributed by atoms with Crippen LogP contribution in [-0.2, 0) is 0 Å². The summed E-state index contributed by atoms with van der Waals surface area (Å²) in [6.45, 7) is 2.04. The highest BCUT2D eigenvalue weighted by atomic mass is 79.9. The van der Waals surface area contributed by atoms with Gasteiger partial charge in [0, 0.05) is 42.3 Å². The van der Waals surface area contributed by atoms with Crippen LogP contribution in [0, 0.1) is 0 Å². The van der Waals surface area contributed by atoms with Crippen molar-refractivity contribution in [2.45, 2.75) is 6.42 Å². The Kier molecular flexibility index (Phi) is 5.28. The van der Waals surface area contributed by atoms with Crippen molar-refractivity contribution in [2.75, 3.05) is 26.2 Å². The highest BCUT2D eigenvalue weighted by molar-refractivity contribution is 9.10. The van der Waals surface area contributed by atoms with Gasteiger partial charge in [0.1, 0.15) is 5.69 Å². The van der Waals surface area contributed by atoms with Crippen LogP contribution < -0.4 is 5.56 Å². The molecule has 7 nitrogen and oxygen atoms in total. The predicted octanol–water partition coefficient (Wildman–Crippen LogP) is 1.52. The van der Waals surface area contributed by atoms with E-state index in [9.17, 15) is 14.4 Å². The summed E-state index contributed by atoms with van der Waals surface area (Å²) in [5.74, 6) is -0.279. The molecule has 1 aliphatic heterocycles. The largest absolute Gasteiger partial charge is 0.337 e. The summed E-state index contributed by atoms with van der Waals surface area (Å²) in [5.41, 5.74) is 0.483. The van der Waals surface area contributed by atoms with Gasteiger partial charge >= 0.3 is 0 Å². The number of aromatic amines is 1. The van der Waals surface area contributed by atoms with Crippen LogP contribution >= 0.6 is 15.9 Å². The Morgan fingerprint density at radius 2 is 1.56 bits per heavy atom. The summed E-state index contributed by atoms with van der Waals surface area (Å²) in [5, 5.41) is 6.05. The molecule has 2 aromatic rings. The molecule has 0 aliphatic carbocycles. The quantitative estimate of drug-likeness (QED) is 0.821. The van der Waals surface area contributed by atoms with E-state index in [-0.39, 0.29) is 23.1 Å². The molecule has 2 amide bonds. The molecule has 1 N–H and O–H groups in total. The molecule has 0 atom stereocenters. The number of nitrogens with zero attached hydrogens (tertiary/aromatic N) is 3. The Hall–Kier alpha value is -2.48. The molecule has 130 valence electrons. The van der Waals surface area contributed by atoms with Crippen LogP contribution in [0.15, 0.2) is 45.7 Å². The van der Waals surface area contributed by atoms with Crippen LogP contribution in [0.2, 0.25) is 0 Å². The molecule has 0 spiro atoms. The number of nitrogens with one attached hydrogen (secondary N) is 1. The molecular formula is C17H17BrN4O3. The molecule has 2 heterocycles. The van der Waals surface area contributed by atoms with E-state index in [0.717, 1.165) is 4.47 Å². The van der Waals surface area contributed by atoms with Crippen molar-refractivity contribution >= 4 is 27.7 Å². The number of benzene rings is 1. The lowest BCUT2D eigenvalue weighted by Crippen LogP contribution is -2.37. The first-order valence-electron chi connectivity index (χ1n) is 7.94. The molecule has 8 heteroatoms. The minimum Gasteiger partial charge on any atom is -0.337 e. The van der Waals surface area contributed by atoms with Crippen molar-refractivity contribution in [1.82, 2.24) is 20.0 Å². The fraction of sp³-hybridized carbons (Fsp3) is 0.294. The maximum absolute atomic E-state index is 12.6. The number of amides is 2. The van der Waals surface area contributed by atoms with E-state index in [1.165, 1.54) is 12.1 Å². The monoisotopic (exact) mass is 404 g/mol. The molecule has 0 saturated carbocycles.